The first kappa shape index (κ1) is 20.0. The molecule has 8 nitrogen and oxygen atoms in total. The molecule has 0 aliphatic carbocycles. The molecule has 0 spiro atoms. The Balaban J connectivity index is 1.97. The number of carbonyl (C=O) groups excluding carboxylic acids is 1. The Morgan fingerprint density at radius 1 is 1.27 bits per heavy atom. The Morgan fingerprint density at radius 2 is 2.08 bits per heavy atom. The lowest BCUT2D eigenvalue weighted by Gasteiger charge is -2.10. The molecule has 2 N–H and O–H groups in total. The van der Waals surface area contributed by atoms with Gasteiger partial charge in [-0.05, 0) is 18.7 Å². The normalized spacial score (nSPS) is 10.6. The number of carbonyl (C=O) groups is 1. The second-order valence-electron chi connectivity index (χ2n) is 5.41. The lowest BCUT2D eigenvalue weighted by atomic mass is 10.2. The highest BCUT2D eigenvalue weighted by Gasteiger charge is 2.16. The molecule has 1 heterocycles. The predicted octanol–water partition coefficient (Wildman–Crippen LogP) is 2.07. The molecule has 9 heteroatoms. The number of ether oxygens (including phenoxy) is 2. The number of methoxy groups -OCH3 is 2. The Morgan fingerprint density at radius 3 is 2.77 bits per heavy atom. The molecule has 1 amide bonds. The van der Waals surface area contributed by atoms with Crippen molar-refractivity contribution in [3.63, 3.8) is 0 Å². The van der Waals surface area contributed by atoms with Crippen molar-refractivity contribution in [3.05, 3.63) is 23.0 Å². The van der Waals surface area contributed by atoms with Crippen LogP contribution >= 0.6 is 11.6 Å². The summed E-state index contributed by atoms with van der Waals surface area (Å²) >= 11 is 6.19. The average Bonchev–Trinajstić information content (AvgIpc) is 3.12. The van der Waals surface area contributed by atoms with Crippen LogP contribution in [-0.2, 0) is 11.2 Å². The number of likely N-dealkylation sites (N-methyl/N-ethyl adjacent to an activating group) is 1. The van der Waals surface area contributed by atoms with Crippen LogP contribution < -0.4 is 20.1 Å². The zero-order valence-corrected chi connectivity index (χ0v) is 15.9. The van der Waals surface area contributed by atoms with Crippen LogP contribution in [0.4, 0.5) is 0 Å². The Bertz CT molecular complexity index is 736. The van der Waals surface area contributed by atoms with Crippen LogP contribution in [0.15, 0.2) is 16.7 Å². The summed E-state index contributed by atoms with van der Waals surface area (Å²) in [6.07, 6.45) is 0.640. The largest absolute Gasteiger partial charge is 0.493 e. The minimum Gasteiger partial charge on any atom is -0.493 e. The van der Waals surface area contributed by atoms with Gasteiger partial charge in [-0.3, -0.25) is 4.79 Å². The van der Waals surface area contributed by atoms with Crippen molar-refractivity contribution in [2.24, 2.45) is 0 Å². The van der Waals surface area contributed by atoms with Gasteiger partial charge >= 0.3 is 0 Å². The molecule has 2 rings (SSSR count). The quantitative estimate of drug-likeness (QED) is 0.607. The van der Waals surface area contributed by atoms with E-state index < -0.39 is 0 Å². The van der Waals surface area contributed by atoms with Gasteiger partial charge in [-0.15, -0.1) is 0 Å². The lowest BCUT2D eigenvalue weighted by molar-refractivity contribution is -0.121. The summed E-state index contributed by atoms with van der Waals surface area (Å²) in [5.41, 5.74) is 0.637. The number of amides is 1. The molecular weight excluding hydrogens is 360 g/mol. The van der Waals surface area contributed by atoms with Crippen LogP contribution in [0.2, 0.25) is 5.02 Å². The summed E-state index contributed by atoms with van der Waals surface area (Å²) < 4.78 is 15.7. The van der Waals surface area contributed by atoms with Crippen LogP contribution in [0.1, 0.15) is 19.2 Å². The fourth-order valence-electron chi connectivity index (χ4n) is 2.30. The van der Waals surface area contributed by atoms with E-state index in [9.17, 15) is 4.79 Å². The molecule has 0 atom stereocenters. The van der Waals surface area contributed by atoms with E-state index in [1.807, 2.05) is 6.92 Å². The molecule has 0 aliphatic rings. The monoisotopic (exact) mass is 382 g/mol. The summed E-state index contributed by atoms with van der Waals surface area (Å²) in [6, 6.07) is 3.39. The van der Waals surface area contributed by atoms with Gasteiger partial charge in [-0.1, -0.05) is 23.7 Å². The molecule has 0 aliphatic heterocycles. The molecular formula is C17H23ClN4O4. The highest BCUT2D eigenvalue weighted by Crippen LogP contribution is 2.38. The lowest BCUT2D eigenvalue weighted by Crippen LogP contribution is -2.31. The number of rotatable bonds is 10. The van der Waals surface area contributed by atoms with Crippen LogP contribution in [0.3, 0.4) is 0 Å². The highest BCUT2D eigenvalue weighted by atomic mass is 35.5. The van der Waals surface area contributed by atoms with E-state index >= 15 is 0 Å². The van der Waals surface area contributed by atoms with Crippen molar-refractivity contribution in [2.75, 3.05) is 33.9 Å². The summed E-state index contributed by atoms with van der Waals surface area (Å²) in [5.74, 6) is 1.61. The van der Waals surface area contributed by atoms with E-state index in [1.165, 1.54) is 14.2 Å². The predicted molar refractivity (Wildman–Crippen MR) is 97.7 cm³/mol. The smallest absolute Gasteiger partial charge is 0.227 e. The first-order chi connectivity index (χ1) is 12.6. The van der Waals surface area contributed by atoms with E-state index in [-0.39, 0.29) is 12.3 Å². The maximum atomic E-state index is 11.8. The van der Waals surface area contributed by atoms with Gasteiger partial charge in [0.05, 0.1) is 19.2 Å². The van der Waals surface area contributed by atoms with Crippen LogP contribution in [0, 0.1) is 0 Å². The van der Waals surface area contributed by atoms with Gasteiger partial charge in [0.25, 0.3) is 0 Å². The second kappa shape index (κ2) is 9.98. The molecule has 0 saturated heterocycles. The number of nitrogens with zero attached hydrogens (tertiary/aromatic N) is 2. The van der Waals surface area contributed by atoms with E-state index in [0.29, 0.717) is 46.8 Å². The molecule has 1 aromatic carbocycles. The minimum absolute atomic E-state index is 0.0585. The van der Waals surface area contributed by atoms with Crippen molar-refractivity contribution >= 4 is 17.5 Å². The zero-order chi connectivity index (χ0) is 18.9. The molecule has 1 aromatic heterocycles. The van der Waals surface area contributed by atoms with Gasteiger partial charge in [-0.25, -0.2) is 0 Å². The van der Waals surface area contributed by atoms with E-state index in [0.717, 1.165) is 13.1 Å². The summed E-state index contributed by atoms with van der Waals surface area (Å²) in [6.45, 7) is 4.22. The minimum atomic E-state index is -0.0585. The molecule has 2 aromatic rings. The van der Waals surface area contributed by atoms with E-state index in [1.54, 1.807) is 12.1 Å². The second-order valence-corrected chi connectivity index (χ2v) is 5.82. The Kier molecular flexibility index (Phi) is 7.68. The Hall–Kier alpha value is -2.32. The fraction of sp³-hybridized carbons (Fsp3) is 0.471. The van der Waals surface area contributed by atoms with Crippen molar-refractivity contribution in [1.82, 2.24) is 20.8 Å². The number of benzene rings is 1. The number of nitrogens with one attached hydrogen (secondary N) is 2. The standard InChI is InChI=1S/C17H23ClN4O4/c1-4-19-7-8-20-14(23)5-6-15-21-17(22-26-15)11-9-12(18)16(25-3)13(10-11)24-2/h9-10,19H,4-8H2,1-3H3,(H,20,23). The molecule has 26 heavy (non-hydrogen) atoms. The van der Waals surface area contributed by atoms with Crippen molar-refractivity contribution in [3.8, 4) is 22.9 Å². The summed E-state index contributed by atoms with van der Waals surface area (Å²) in [7, 11) is 3.04. The molecule has 0 fully saturated rings. The van der Waals surface area contributed by atoms with Gasteiger partial charge in [0, 0.05) is 31.5 Å². The van der Waals surface area contributed by atoms with Gasteiger partial charge in [0.1, 0.15) is 0 Å². The van der Waals surface area contributed by atoms with Crippen LogP contribution in [0.25, 0.3) is 11.4 Å². The summed E-state index contributed by atoms with van der Waals surface area (Å²) in [4.78, 5) is 16.1. The van der Waals surface area contributed by atoms with Crippen LogP contribution in [-0.4, -0.2) is 49.9 Å². The highest BCUT2D eigenvalue weighted by molar-refractivity contribution is 6.32. The van der Waals surface area contributed by atoms with Gasteiger partial charge in [0.15, 0.2) is 11.5 Å². The van der Waals surface area contributed by atoms with Crippen molar-refractivity contribution in [2.45, 2.75) is 19.8 Å². The van der Waals surface area contributed by atoms with Crippen LogP contribution in [0.5, 0.6) is 11.5 Å². The first-order valence-corrected chi connectivity index (χ1v) is 8.68. The molecule has 0 radical (unpaired) electrons. The Labute approximate surface area is 157 Å². The molecule has 0 saturated carbocycles. The van der Waals surface area contributed by atoms with Crippen molar-refractivity contribution < 1.29 is 18.8 Å². The van der Waals surface area contributed by atoms with E-state index in [4.69, 9.17) is 25.6 Å². The number of halogens is 1. The summed E-state index contributed by atoms with van der Waals surface area (Å²) in [5, 5.41) is 10.3. The third-order valence-corrected chi connectivity index (χ3v) is 3.88. The molecule has 0 unspecified atom stereocenters. The number of hydrogen-bond acceptors (Lipinski definition) is 7. The fourth-order valence-corrected chi connectivity index (χ4v) is 2.58. The number of hydrogen-bond donors (Lipinski definition) is 2. The topological polar surface area (TPSA) is 98.5 Å². The maximum absolute atomic E-state index is 11.8. The third-order valence-electron chi connectivity index (χ3n) is 3.60. The average molecular weight is 383 g/mol. The maximum Gasteiger partial charge on any atom is 0.227 e. The number of aromatic nitrogens is 2. The molecule has 0 bridgehead atoms. The molecule has 142 valence electrons. The van der Waals surface area contributed by atoms with Gasteiger partial charge < -0.3 is 24.6 Å². The third kappa shape index (κ3) is 5.34. The number of aryl methyl sites for hydroxylation is 1. The van der Waals surface area contributed by atoms with Gasteiger partial charge in [0.2, 0.25) is 17.6 Å². The zero-order valence-electron chi connectivity index (χ0n) is 15.1. The van der Waals surface area contributed by atoms with Crippen molar-refractivity contribution in [1.29, 1.82) is 0 Å². The SMILES string of the molecule is CCNCCNC(=O)CCc1nc(-c2cc(Cl)c(OC)c(OC)c2)no1. The van der Waals surface area contributed by atoms with Gasteiger partial charge in [-0.2, -0.15) is 4.98 Å². The first-order valence-electron chi connectivity index (χ1n) is 8.30. The van der Waals surface area contributed by atoms with E-state index in [2.05, 4.69) is 20.8 Å².